The molecular formula is C19H16F2N2O5S. The second kappa shape index (κ2) is 8.13. The third-order valence-electron chi connectivity index (χ3n) is 4.77. The van der Waals surface area contributed by atoms with Crippen molar-refractivity contribution in [2.45, 2.75) is 38.1 Å². The fourth-order valence-corrected chi connectivity index (χ4v) is 3.81. The molecule has 0 atom stereocenters. The monoisotopic (exact) mass is 422 g/mol. The van der Waals surface area contributed by atoms with E-state index >= 15 is 0 Å². The van der Waals surface area contributed by atoms with Gasteiger partial charge in [-0.2, -0.15) is 13.7 Å². The summed E-state index contributed by atoms with van der Waals surface area (Å²) in [5.41, 5.74) is -1.52. The second-order valence-electron chi connectivity index (χ2n) is 6.70. The summed E-state index contributed by atoms with van der Waals surface area (Å²) in [4.78, 5) is 25.5. The highest BCUT2D eigenvalue weighted by atomic mass is 32.3. The van der Waals surface area contributed by atoms with E-state index in [2.05, 4.69) is 4.18 Å². The van der Waals surface area contributed by atoms with Crippen LogP contribution in [0.1, 0.15) is 59.6 Å². The van der Waals surface area contributed by atoms with Crippen LogP contribution in [0.2, 0.25) is 0 Å². The molecule has 1 heterocycles. The van der Waals surface area contributed by atoms with E-state index in [1.54, 1.807) is 6.07 Å². The number of hydrogen-bond acceptors (Lipinski definition) is 6. The number of halogens is 2. The molecule has 0 amide bonds. The van der Waals surface area contributed by atoms with Gasteiger partial charge in [-0.1, -0.05) is 23.1 Å². The van der Waals surface area contributed by atoms with Gasteiger partial charge in [-0.3, -0.25) is 9.59 Å². The lowest BCUT2D eigenvalue weighted by Gasteiger charge is -2.24. The predicted octanol–water partition coefficient (Wildman–Crippen LogP) is 3.19. The van der Waals surface area contributed by atoms with Crippen molar-refractivity contribution in [3.8, 4) is 11.8 Å². The number of carbonyl (C=O) groups is 1. The molecule has 0 unspecified atom stereocenters. The van der Waals surface area contributed by atoms with Gasteiger partial charge in [0.1, 0.15) is 17.4 Å². The van der Waals surface area contributed by atoms with E-state index in [1.165, 1.54) is 10.8 Å². The van der Waals surface area contributed by atoms with Gasteiger partial charge in [0.05, 0.1) is 5.56 Å². The summed E-state index contributed by atoms with van der Waals surface area (Å²) in [6.45, 7) is 0. The first-order valence-electron chi connectivity index (χ1n) is 8.84. The molecule has 10 heteroatoms. The van der Waals surface area contributed by atoms with Crippen LogP contribution in [0.25, 0.3) is 0 Å². The van der Waals surface area contributed by atoms with Crippen LogP contribution in [0.5, 0.6) is 5.75 Å². The average molecular weight is 422 g/mol. The quantitative estimate of drug-likeness (QED) is 0.541. The van der Waals surface area contributed by atoms with Crippen LogP contribution in [-0.4, -0.2) is 18.8 Å². The summed E-state index contributed by atoms with van der Waals surface area (Å²) in [5, 5.41) is 9.28. The summed E-state index contributed by atoms with van der Waals surface area (Å²) in [6.07, 6.45) is 5.49. The van der Waals surface area contributed by atoms with E-state index in [0.717, 1.165) is 37.5 Å². The highest BCUT2D eigenvalue weighted by molar-refractivity contribution is 7.81. The van der Waals surface area contributed by atoms with E-state index in [0.29, 0.717) is 18.9 Å². The van der Waals surface area contributed by atoms with Gasteiger partial charge in [0, 0.05) is 17.8 Å². The predicted molar refractivity (Wildman–Crippen MR) is 98.0 cm³/mol. The topological polar surface area (TPSA) is 106 Å². The maximum Gasteiger partial charge on any atom is 0.488 e. The molecule has 0 radical (unpaired) electrons. The third-order valence-corrected chi connectivity index (χ3v) is 5.15. The van der Waals surface area contributed by atoms with E-state index < -0.39 is 39.0 Å². The largest absolute Gasteiger partial charge is 0.488 e. The Hall–Kier alpha value is -3.06. The van der Waals surface area contributed by atoms with Gasteiger partial charge >= 0.3 is 10.5 Å². The third kappa shape index (κ3) is 4.68. The van der Waals surface area contributed by atoms with Crippen molar-refractivity contribution in [3.05, 3.63) is 63.3 Å². The Balaban J connectivity index is 2.12. The molecule has 1 fully saturated rings. The number of hydrogen-bond donors (Lipinski definition) is 0. The number of rotatable bonds is 5. The molecule has 1 aromatic carbocycles. The fourth-order valence-electron chi connectivity index (χ4n) is 3.45. The minimum Gasteiger partial charge on any atom is -0.358 e. The molecule has 1 aliphatic carbocycles. The zero-order valence-electron chi connectivity index (χ0n) is 15.1. The van der Waals surface area contributed by atoms with Crippen molar-refractivity contribution < 1.29 is 25.7 Å². The summed E-state index contributed by atoms with van der Waals surface area (Å²) in [5.74, 6) is -2.49. The molecule has 2 aromatic rings. The van der Waals surface area contributed by atoms with Crippen LogP contribution in [0.4, 0.5) is 8.28 Å². The molecule has 3 rings (SSSR count). The molecule has 0 spiro atoms. The average Bonchev–Trinajstić information content (AvgIpc) is 2.68. The number of nitrogens with zero attached hydrogens (tertiary/aromatic N) is 2. The van der Waals surface area contributed by atoms with Crippen LogP contribution in [0, 0.1) is 17.1 Å². The number of pyridine rings is 1. The van der Waals surface area contributed by atoms with E-state index in [-0.39, 0.29) is 17.2 Å². The van der Waals surface area contributed by atoms with Crippen molar-refractivity contribution in [1.29, 1.82) is 5.26 Å². The number of carbonyl (C=O) groups excluding carboxylic acids is 1. The molecule has 29 heavy (non-hydrogen) atoms. The Morgan fingerprint density at radius 3 is 2.52 bits per heavy atom. The molecule has 1 saturated carbocycles. The molecule has 152 valence electrons. The molecule has 0 bridgehead atoms. The van der Waals surface area contributed by atoms with E-state index in [9.17, 15) is 31.5 Å². The van der Waals surface area contributed by atoms with Gasteiger partial charge < -0.3 is 8.75 Å². The lowest BCUT2D eigenvalue weighted by atomic mass is 9.94. The highest BCUT2D eigenvalue weighted by Crippen LogP contribution is 2.29. The Bertz CT molecular complexity index is 1160. The van der Waals surface area contributed by atoms with Gasteiger partial charge in [-0.05, 0) is 37.1 Å². The minimum atomic E-state index is -5.46. The number of ketones is 1. The maximum atomic E-state index is 13.7. The highest BCUT2D eigenvalue weighted by Gasteiger charge is 2.24. The Morgan fingerprint density at radius 2 is 1.90 bits per heavy atom. The smallest absolute Gasteiger partial charge is 0.358 e. The molecule has 0 N–H and O–H groups in total. The number of aromatic nitrogens is 1. The molecule has 0 saturated heterocycles. The minimum absolute atomic E-state index is 0.140. The second-order valence-corrected chi connectivity index (χ2v) is 7.66. The molecular weight excluding hydrogens is 406 g/mol. The van der Waals surface area contributed by atoms with Gasteiger partial charge in [-0.15, -0.1) is 0 Å². The lowest BCUT2D eigenvalue weighted by Crippen LogP contribution is -2.29. The standard InChI is InChI=1S/C19H16F2N2O5S/c20-14-6-7-17(28-29(21,26)27)16(9-14)18(24)13-8-12(10-22)19(25)23(11-13)15-4-2-1-3-5-15/h6-9,11,15H,1-5H2. The number of nitriles is 1. The maximum absolute atomic E-state index is 13.7. The van der Waals surface area contributed by atoms with Crippen LogP contribution in [-0.2, 0) is 10.5 Å². The van der Waals surface area contributed by atoms with Crippen molar-refractivity contribution in [2.75, 3.05) is 0 Å². The van der Waals surface area contributed by atoms with Crippen molar-refractivity contribution in [1.82, 2.24) is 4.57 Å². The van der Waals surface area contributed by atoms with Crippen LogP contribution in [0.3, 0.4) is 0 Å². The first kappa shape index (κ1) is 20.7. The first-order valence-corrected chi connectivity index (χ1v) is 10.1. The normalized spacial score (nSPS) is 14.9. The van der Waals surface area contributed by atoms with Gasteiger partial charge in [0.25, 0.3) is 5.56 Å². The van der Waals surface area contributed by atoms with Gasteiger partial charge in [0.15, 0.2) is 11.5 Å². The fraction of sp³-hybridized carbons (Fsp3) is 0.316. The molecule has 1 aromatic heterocycles. The first-order chi connectivity index (χ1) is 13.7. The SMILES string of the molecule is N#Cc1cc(C(=O)c2cc(F)ccc2OS(=O)(=O)F)cn(C2CCCCC2)c1=O. The van der Waals surface area contributed by atoms with Crippen molar-refractivity contribution in [2.24, 2.45) is 0 Å². The van der Waals surface area contributed by atoms with E-state index in [4.69, 9.17) is 0 Å². The van der Waals surface area contributed by atoms with Crippen LogP contribution >= 0.6 is 0 Å². The van der Waals surface area contributed by atoms with Crippen LogP contribution in [0.15, 0.2) is 35.3 Å². The number of benzene rings is 1. The summed E-state index contributed by atoms with van der Waals surface area (Å²) in [7, 11) is -5.46. The summed E-state index contributed by atoms with van der Waals surface area (Å²) >= 11 is 0. The lowest BCUT2D eigenvalue weighted by molar-refractivity contribution is 0.103. The Labute approximate surface area is 165 Å². The molecule has 7 nitrogen and oxygen atoms in total. The van der Waals surface area contributed by atoms with Crippen LogP contribution < -0.4 is 9.74 Å². The van der Waals surface area contributed by atoms with E-state index in [1.807, 2.05) is 0 Å². The summed E-state index contributed by atoms with van der Waals surface area (Å²) in [6, 6.07) is 4.91. The van der Waals surface area contributed by atoms with Gasteiger partial charge in [0.2, 0.25) is 0 Å². The Kier molecular flexibility index (Phi) is 5.79. The van der Waals surface area contributed by atoms with Crippen molar-refractivity contribution >= 4 is 16.3 Å². The Morgan fingerprint density at radius 1 is 1.21 bits per heavy atom. The zero-order valence-corrected chi connectivity index (χ0v) is 15.9. The zero-order chi connectivity index (χ0) is 21.2. The van der Waals surface area contributed by atoms with Gasteiger partial charge in [-0.25, -0.2) is 4.39 Å². The summed E-state index contributed by atoms with van der Waals surface area (Å²) < 4.78 is 53.7. The molecule has 0 aliphatic heterocycles. The molecule has 1 aliphatic rings. The van der Waals surface area contributed by atoms with Crippen molar-refractivity contribution in [3.63, 3.8) is 0 Å².